The van der Waals surface area contributed by atoms with Crippen molar-refractivity contribution in [2.24, 2.45) is 0 Å². The van der Waals surface area contributed by atoms with Gasteiger partial charge in [-0.25, -0.2) is 0 Å². The van der Waals surface area contributed by atoms with Gasteiger partial charge in [-0.15, -0.1) is 0 Å². The van der Waals surface area contributed by atoms with E-state index in [0.717, 1.165) is 28.2 Å². The monoisotopic (exact) mass is 913 g/mol. The topological polar surface area (TPSA) is 3.24 Å². The Hall–Kier alpha value is -9.30. The predicted octanol–water partition coefficient (Wildman–Crippen LogP) is 19.1. The fourth-order valence-corrected chi connectivity index (χ4v) is 12.2. The maximum Gasteiger partial charge on any atom is 0.0714 e. The Labute approximate surface area is 420 Å². The molecule has 13 aromatic carbocycles. The van der Waals surface area contributed by atoms with Crippen LogP contribution in [0.25, 0.3) is 87.6 Å². The number of hydrogen-bond donors (Lipinski definition) is 0. The van der Waals surface area contributed by atoms with Crippen molar-refractivity contribution in [3.63, 3.8) is 0 Å². The van der Waals surface area contributed by atoms with Gasteiger partial charge < -0.3 is 4.90 Å². The lowest BCUT2D eigenvalue weighted by molar-refractivity contribution is 0.768. The van der Waals surface area contributed by atoms with Gasteiger partial charge in [-0.2, -0.15) is 0 Å². The zero-order valence-electron chi connectivity index (χ0n) is 39.6. The number of hydrogen-bond acceptors (Lipinski definition) is 1. The average Bonchev–Trinajstić information content (AvgIpc) is 3.76. The van der Waals surface area contributed by atoms with Crippen LogP contribution in [-0.2, 0) is 5.41 Å². The summed E-state index contributed by atoms with van der Waals surface area (Å²) < 4.78 is 0. The fraction of sp³-hybridized carbons (Fsp3) is 0.0141. The van der Waals surface area contributed by atoms with Crippen LogP contribution in [0.1, 0.15) is 22.3 Å². The highest BCUT2D eigenvalue weighted by Gasteiger charge is 2.46. The van der Waals surface area contributed by atoms with Gasteiger partial charge in [0.25, 0.3) is 0 Å². The van der Waals surface area contributed by atoms with Gasteiger partial charge in [0, 0.05) is 16.8 Å². The summed E-state index contributed by atoms with van der Waals surface area (Å²) >= 11 is 0. The lowest BCUT2D eigenvalue weighted by atomic mass is 9.67. The van der Waals surface area contributed by atoms with Crippen LogP contribution in [0.15, 0.2) is 285 Å². The molecule has 1 aliphatic rings. The molecule has 0 atom stereocenters. The maximum atomic E-state index is 2.51. The van der Waals surface area contributed by atoms with E-state index in [1.165, 1.54) is 98.7 Å². The predicted molar refractivity (Wildman–Crippen MR) is 305 cm³/mol. The first-order chi connectivity index (χ1) is 35.7. The quantitative estimate of drug-likeness (QED) is 0.137. The first-order valence-corrected chi connectivity index (χ1v) is 25.0. The van der Waals surface area contributed by atoms with E-state index < -0.39 is 5.41 Å². The summed E-state index contributed by atoms with van der Waals surface area (Å²) in [6, 6.07) is 106. The van der Waals surface area contributed by atoms with Gasteiger partial charge >= 0.3 is 0 Å². The number of fused-ring (bicyclic) bond motifs is 9. The molecule has 0 aromatic heterocycles. The van der Waals surface area contributed by atoms with Crippen molar-refractivity contribution in [2.45, 2.75) is 5.41 Å². The Morgan fingerprint density at radius 3 is 1.43 bits per heavy atom. The lowest BCUT2D eigenvalue weighted by Gasteiger charge is -2.35. The van der Waals surface area contributed by atoms with Gasteiger partial charge in [-0.05, 0) is 141 Å². The summed E-state index contributed by atoms with van der Waals surface area (Å²) in [6.07, 6.45) is 0. The molecule has 0 saturated heterocycles. The van der Waals surface area contributed by atoms with Crippen LogP contribution in [0, 0.1) is 0 Å². The second-order valence-electron chi connectivity index (χ2n) is 19.1. The van der Waals surface area contributed by atoms with Gasteiger partial charge in [0.05, 0.1) is 11.1 Å². The van der Waals surface area contributed by atoms with Crippen molar-refractivity contribution in [1.29, 1.82) is 0 Å². The second-order valence-corrected chi connectivity index (χ2v) is 19.1. The first-order valence-electron chi connectivity index (χ1n) is 25.0. The van der Waals surface area contributed by atoms with Crippen molar-refractivity contribution >= 4 is 60.2 Å². The molecule has 0 unspecified atom stereocenters. The van der Waals surface area contributed by atoms with Crippen molar-refractivity contribution in [3.05, 3.63) is 307 Å². The molecule has 1 nitrogen and oxygen atoms in total. The Bertz CT molecular complexity index is 4160. The van der Waals surface area contributed by atoms with Crippen LogP contribution in [0.3, 0.4) is 0 Å². The molecule has 1 heteroatoms. The second kappa shape index (κ2) is 17.0. The Morgan fingerprint density at radius 2 is 0.736 bits per heavy atom. The highest BCUT2D eigenvalue weighted by molar-refractivity contribution is 6.22. The first kappa shape index (κ1) is 41.7. The minimum atomic E-state index is -0.548. The molecule has 72 heavy (non-hydrogen) atoms. The number of nitrogens with zero attached hydrogens (tertiary/aromatic N) is 1. The van der Waals surface area contributed by atoms with Crippen LogP contribution < -0.4 is 4.90 Å². The van der Waals surface area contributed by atoms with E-state index in [-0.39, 0.29) is 0 Å². The molecule has 0 bridgehead atoms. The van der Waals surface area contributed by atoms with Crippen LogP contribution in [0.2, 0.25) is 0 Å². The minimum Gasteiger partial charge on any atom is -0.310 e. The van der Waals surface area contributed by atoms with E-state index in [1.807, 2.05) is 0 Å². The molecular weight excluding hydrogens is 867 g/mol. The van der Waals surface area contributed by atoms with Gasteiger partial charge in [0.2, 0.25) is 0 Å². The van der Waals surface area contributed by atoms with E-state index in [2.05, 4.69) is 290 Å². The average molecular weight is 914 g/mol. The van der Waals surface area contributed by atoms with E-state index in [0.29, 0.717) is 0 Å². The van der Waals surface area contributed by atoms with Gasteiger partial charge in [0.1, 0.15) is 0 Å². The Kier molecular flexibility index (Phi) is 9.82. The SMILES string of the molecule is c1ccc(-c2c(-c3ccccc3)c3cc(-c4cccc(N(c5ccc6c(c5)C(c5ccccc5)(c5ccccc5)c5ccccc5-6)c5cc6ccccc6c6ccccc56)c4)ccc3c3ccccc23)cc1. The molecule has 0 N–H and O–H groups in total. The smallest absolute Gasteiger partial charge is 0.0714 e. The molecule has 0 spiro atoms. The summed E-state index contributed by atoms with van der Waals surface area (Å²) in [6.45, 7) is 0. The molecule has 0 aliphatic heterocycles. The third-order valence-corrected chi connectivity index (χ3v) is 15.3. The summed E-state index contributed by atoms with van der Waals surface area (Å²) in [4.78, 5) is 2.51. The van der Waals surface area contributed by atoms with Gasteiger partial charge in [0.15, 0.2) is 0 Å². The molecule has 336 valence electrons. The zero-order valence-corrected chi connectivity index (χ0v) is 39.6. The normalized spacial score (nSPS) is 12.6. The number of anilines is 3. The van der Waals surface area contributed by atoms with Crippen molar-refractivity contribution < 1.29 is 0 Å². The molecule has 0 heterocycles. The van der Waals surface area contributed by atoms with E-state index in [1.54, 1.807) is 0 Å². The highest BCUT2D eigenvalue weighted by Crippen LogP contribution is 2.58. The minimum absolute atomic E-state index is 0.548. The highest BCUT2D eigenvalue weighted by atomic mass is 15.1. The Balaban J connectivity index is 1.03. The lowest BCUT2D eigenvalue weighted by Crippen LogP contribution is -2.28. The molecule has 14 rings (SSSR count). The van der Waals surface area contributed by atoms with Crippen molar-refractivity contribution in [3.8, 4) is 44.5 Å². The fourth-order valence-electron chi connectivity index (χ4n) is 12.2. The zero-order chi connectivity index (χ0) is 47.6. The van der Waals surface area contributed by atoms with Crippen LogP contribution >= 0.6 is 0 Å². The summed E-state index contributed by atoms with van der Waals surface area (Å²) in [7, 11) is 0. The summed E-state index contributed by atoms with van der Waals surface area (Å²) in [5, 5.41) is 9.85. The van der Waals surface area contributed by atoms with Crippen LogP contribution in [0.4, 0.5) is 17.1 Å². The number of rotatable bonds is 8. The van der Waals surface area contributed by atoms with Crippen LogP contribution in [0.5, 0.6) is 0 Å². The van der Waals surface area contributed by atoms with Gasteiger partial charge in [-0.3, -0.25) is 0 Å². The standard InChI is InChI=1S/C71H47N/c1-5-22-48(23-6-1)69-64-38-18-16-35-59(64)60-42-40-51(45-65(60)70(69)49-24-7-2-8-25-49)50-27-21-32-55(44-50)72(68-46-52-26-13-14-33-57(52)58-34-15-17-37-63(58)68)56-41-43-62-61-36-19-20-39-66(61)71(67(62)47-56,53-28-9-3-10-29-53)54-30-11-4-12-31-54/h1-47H. The van der Waals surface area contributed by atoms with E-state index in [9.17, 15) is 0 Å². The molecule has 0 saturated carbocycles. The number of benzene rings is 13. The van der Waals surface area contributed by atoms with E-state index in [4.69, 9.17) is 0 Å². The maximum absolute atomic E-state index is 2.51. The van der Waals surface area contributed by atoms with Crippen molar-refractivity contribution in [1.82, 2.24) is 0 Å². The molecule has 0 amide bonds. The molecular formula is C71H47N. The molecule has 0 fully saturated rings. The van der Waals surface area contributed by atoms with Crippen LogP contribution in [-0.4, -0.2) is 0 Å². The molecule has 13 aromatic rings. The Morgan fingerprint density at radius 1 is 0.250 bits per heavy atom. The molecule has 0 radical (unpaired) electrons. The largest absolute Gasteiger partial charge is 0.310 e. The summed E-state index contributed by atoms with van der Waals surface area (Å²) in [5.41, 5.74) is 17.6. The van der Waals surface area contributed by atoms with E-state index >= 15 is 0 Å². The third-order valence-electron chi connectivity index (χ3n) is 15.3. The molecule has 1 aliphatic carbocycles. The summed E-state index contributed by atoms with van der Waals surface area (Å²) in [5.74, 6) is 0. The third kappa shape index (κ3) is 6.48. The van der Waals surface area contributed by atoms with Gasteiger partial charge in [-0.1, -0.05) is 249 Å². The van der Waals surface area contributed by atoms with Crippen molar-refractivity contribution in [2.75, 3.05) is 4.90 Å².